The average molecular weight is 400 g/mol. The van der Waals surface area contributed by atoms with Gasteiger partial charge in [0.15, 0.2) is 16.6 Å². The topological polar surface area (TPSA) is 85.8 Å². The van der Waals surface area contributed by atoms with Gasteiger partial charge in [0.25, 0.3) is 5.91 Å². The van der Waals surface area contributed by atoms with Crippen LogP contribution in [0.1, 0.15) is 20.9 Å². The number of carbonyl (C=O) groups excluding carboxylic acids is 1. The Kier molecular flexibility index (Phi) is 4.74. The lowest BCUT2D eigenvalue weighted by atomic mass is 10.1. The highest BCUT2D eigenvalue weighted by Gasteiger charge is 2.16. The minimum absolute atomic E-state index is 0.178. The van der Waals surface area contributed by atoms with Gasteiger partial charge < -0.3 is 4.52 Å². The molecular weight excluding hydrogens is 386 g/mol. The number of benzene rings is 1. The predicted octanol–water partition coefficient (Wildman–Crippen LogP) is 4.03. The van der Waals surface area contributed by atoms with Crippen molar-refractivity contribution in [3.63, 3.8) is 0 Å². The molecule has 0 spiro atoms. The summed E-state index contributed by atoms with van der Waals surface area (Å²) >= 11 is 7.58. The first-order valence-electron chi connectivity index (χ1n) is 8.03. The van der Waals surface area contributed by atoms with Crippen molar-refractivity contribution >= 4 is 34.0 Å². The minimum Gasteiger partial charge on any atom is -0.355 e. The van der Waals surface area contributed by atoms with Crippen LogP contribution in [0.3, 0.4) is 0 Å². The van der Waals surface area contributed by atoms with Crippen LogP contribution >= 0.6 is 22.9 Å². The van der Waals surface area contributed by atoms with Gasteiger partial charge in [-0.05, 0) is 11.6 Å². The number of aromatic nitrogens is 4. The highest BCUT2D eigenvalue weighted by molar-refractivity contribution is 7.15. The maximum Gasteiger partial charge on any atom is 0.279 e. The largest absolute Gasteiger partial charge is 0.355 e. The number of thiazole rings is 1. The Labute approximate surface area is 163 Å². The summed E-state index contributed by atoms with van der Waals surface area (Å²) in [5, 5.41) is 11.8. The van der Waals surface area contributed by atoms with Crippen molar-refractivity contribution in [1.82, 2.24) is 19.9 Å². The molecule has 4 aromatic rings. The van der Waals surface area contributed by atoms with E-state index in [0.29, 0.717) is 22.3 Å². The first kappa shape index (κ1) is 17.4. The molecular formula is C18H14ClN5O2S. The molecule has 0 aliphatic heterocycles. The number of halogens is 1. The van der Waals surface area contributed by atoms with Crippen LogP contribution in [0.5, 0.6) is 0 Å². The van der Waals surface area contributed by atoms with Crippen molar-refractivity contribution in [2.45, 2.75) is 6.42 Å². The zero-order valence-corrected chi connectivity index (χ0v) is 15.8. The van der Waals surface area contributed by atoms with Crippen LogP contribution in [0.15, 0.2) is 53.4 Å². The lowest BCUT2D eigenvalue weighted by Crippen LogP contribution is -2.11. The molecule has 1 amide bonds. The summed E-state index contributed by atoms with van der Waals surface area (Å²) in [6.07, 6.45) is 5.81. The van der Waals surface area contributed by atoms with E-state index >= 15 is 0 Å². The smallest absolute Gasteiger partial charge is 0.279 e. The number of aryl methyl sites for hydroxylation is 1. The van der Waals surface area contributed by atoms with Crippen LogP contribution in [0.4, 0.5) is 5.13 Å². The lowest BCUT2D eigenvalue weighted by Gasteiger charge is -2.00. The monoisotopic (exact) mass is 399 g/mol. The van der Waals surface area contributed by atoms with Crippen LogP contribution in [0, 0.1) is 0 Å². The van der Waals surface area contributed by atoms with Crippen molar-refractivity contribution in [3.05, 3.63) is 70.1 Å². The van der Waals surface area contributed by atoms with Crippen molar-refractivity contribution in [1.29, 1.82) is 0 Å². The number of rotatable bonds is 5. The van der Waals surface area contributed by atoms with Gasteiger partial charge >= 0.3 is 0 Å². The van der Waals surface area contributed by atoms with Crippen LogP contribution < -0.4 is 5.32 Å². The van der Waals surface area contributed by atoms with E-state index in [2.05, 4.69) is 20.6 Å². The van der Waals surface area contributed by atoms with Crippen LogP contribution in [-0.2, 0) is 13.5 Å². The van der Waals surface area contributed by atoms with Crippen molar-refractivity contribution in [3.8, 4) is 11.3 Å². The Morgan fingerprint density at radius 3 is 2.96 bits per heavy atom. The summed E-state index contributed by atoms with van der Waals surface area (Å²) in [6, 6.07) is 9.22. The number of carbonyl (C=O) groups is 1. The second kappa shape index (κ2) is 7.34. The van der Waals surface area contributed by atoms with E-state index in [-0.39, 0.29) is 11.6 Å². The van der Waals surface area contributed by atoms with E-state index in [9.17, 15) is 4.79 Å². The summed E-state index contributed by atoms with van der Waals surface area (Å²) in [5.41, 5.74) is 1.94. The van der Waals surface area contributed by atoms with Gasteiger partial charge in [0, 0.05) is 41.8 Å². The number of anilines is 1. The molecule has 0 fully saturated rings. The van der Waals surface area contributed by atoms with E-state index in [4.69, 9.17) is 16.1 Å². The molecule has 4 rings (SSSR count). The quantitative estimate of drug-likeness (QED) is 0.547. The zero-order chi connectivity index (χ0) is 18.8. The molecule has 9 heteroatoms. The fourth-order valence-corrected chi connectivity index (χ4v) is 3.54. The molecule has 0 atom stereocenters. The SMILES string of the molecule is Cn1cc(-c2cc(C(=O)Nc3ncc(Cc4ccccc4Cl)s3)no2)cn1. The van der Waals surface area contributed by atoms with Crippen molar-refractivity contribution in [2.24, 2.45) is 7.05 Å². The van der Waals surface area contributed by atoms with E-state index in [0.717, 1.165) is 16.0 Å². The van der Waals surface area contributed by atoms with E-state index in [1.54, 1.807) is 36.4 Å². The Hall–Kier alpha value is -2.97. The molecule has 136 valence electrons. The average Bonchev–Trinajstić information content (AvgIpc) is 3.38. The molecule has 27 heavy (non-hydrogen) atoms. The number of amides is 1. The van der Waals surface area contributed by atoms with Crippen molar-refractivity contribution in [2.75, 3.05) is 5.32 Å². The molecule has 3 aromatic heterocycles. The van der Waals surface area contributed by atoms with Crippen molar-refractivity contribution < 1.29 is 9.32 Å². The second-order valence-electron chi connectivity index (χ2n) is 5.83. The molecule has 3 heterocycles. The van der Waals surface area contributed by atoms with Crippen LogP contribution in [0.25, 0.3) is 11.3 Å². The fourth-order valence-electron chi connectivity index (χ4n) is 2.50. The van der Waals surface area contributed by atoms with E-state index < -0.39 is 0 Å². The van der Waals surface area contributed by atoms with Gasteiger partial charge in [-0.25, -0.2) is 4.98 Å². The summed E-state index contributed by atoms with van der Waals surface area (Å²) in [6.45, 7) is 0. The van der Waals surface area contributed by atoms with Crippen LogP contribution in [-0.4, -0.2) is 25.8 Å². The molecule has 1 N–H and O–H groups in total. The molecule has 0 unspecified atom stereocenters. The van der Waals surface area contributed by atoms with Crippen LogP contribution in [0.2, 0.25) is 5.02 Å². The van der Waals surface area contributed by atoms with Gasteiger partial charge in [-0.2, -0.15) is 5.10 Å². The Morgan fingerprint density at radius 2 is 2.19 bits per heavy atom. The van der Waals surface area contributed by atoms with Gasteiger partial charge in [-0.3, -0.25) is 14.8 Å². The maximum atomic E-state index is 12.4. The molecule has 0 radical (unpaired) electrons. The third-order valence-corrected chi connectivity index (χ3v) is 5.11. The molecule has 0 saturated heterocycles. The first-order chi connectivity index (χ1) is 13.1. The Bertz CT molecular complexity index is 1100. The molecule has 1 aromatic carbocycles. The predicted molar refractivity (Wildman–Crippen MR) is 103 cm³/mol. The zero-order valence-electron chi connectivity index (χ0n) is 14.2. The maximum absolute atomic E-state index is 12.4. The number of nitrogens with one attached hydrogen (secondary N) is 1. The number of hydrogen-bond donors (Lipinski definition) is 1. The minimum atomic E-state index is -0.382. The molecule has 0 aliphatic carbocycles. The number of hydrogen-bond acceptors (Lipinski definition) is 6. The van der Waals surface area contributed by atoms with Gasteiger partial charge in [0.2, 0.25) is 0 Å². The molecule has 0 saturated carbocycles. The third-order valence-electron chi connectivity index (χ3n) is 3.83. The Balaban J connectivity index is 1.44. The normalized spacial score (nSPS) is 10.9. The van der Waals surface area contributed by atoms with E-state index in [1.165, 1.54) is 11.3 Å². The highest BCUT2D eigenvalue weighted by atomic mass is 35.5. The summed E-state index contributed by atoms with van der Waals surface area (Å²) in [7, 11) is 1.80. The Morgan fingerprint density at radius 1 is 1.33 bits per heavy atom. The standard InChI is InChI=1S/C18H14ClN5O2S/c1-24-10-12(8-21-24)16-7-15(23-26-16)17(25)22-18-20-9-13(27-18)6-11-4-2-3-5-14(11)19/h2-5,7-10H,6H2,1H3,(H,20,22,25). The summed E-state index contributed by atoms with van der Waals surface area (Å²) < 4.78 is 6.87. The number of nitrogens with zero attached hydrogens (tertiary/aromatic N) is 4. The van der Waals surface area contributed by atoms with E-state index in [1.807, 2.05) is 24.3 Å². The second-order valence-corrected chi connectivity index (χ2v) is 7.36. The summed E-state index contributed by atoms with van der Waals surface area (Å²) in [4.78, 5) is 17.6. The highest BCUT2D eigenvalue weighted by Crippen LogP contribution is 2.25. The summed E-state index contributed by atoms with van der Waals surface area (Å²) in [5.74, 6) is 0.0966. The molecule has 7 nitrogen and oxygen atoms in total. The first-order valence-corrected chi connectivity index (χ1v) is 9.23. The lowest BCUT2D eigenvalue weighted by molar-refractivity contribution is 0.101. The molecule has 0 bridgehead atoms. The van der Waals surface area contributed by atoms with Gasteiger partial charge in [-0.1, -0.05) is 35.0 Å². The fraction of sp³-hybridized carbons (Fsp3) is 0.111. The third kappa shape index (κ3) is 3.91. The van der Waals surface area contributed by atoms with Gasteiger partial charge in [-0.15, -0.1) is 11.3 Å². The van der Waals surface area contributed by atoms with Gasteiger partial charge in [0.1, 0.15) is 0 Å². The van der Waals surface area contributed by atoms with Gasteiger partial charge in [0.05, 0.1) is 11.8 Å². The molecule has 0 aliphatic rings.